The second-order valence-electron chi connectivity index (χ2n) is 5.79. The molecule has 2 aromatic heterocycles. The highest BCUT2D eigenvalue weighted by molar-refractivity contribution is 5.98. The van der Waals surface area contributed by atoms with Gasteiger partial charge in [-0.3, -0.25) is 5.41 Å². The molecule has 0 unspecified atom stereocenters. The first-order chi connectivity index (χ1) is 9.99. The molecule has 0 aliphatic heterocycles. The van der Waals surface area contributed by atoms with Gasteiger partial charge in [0, 0.05) is 11.4 Å². The lowest BCUT2D eigenvalue weighted by Crippen LogP contribution is -2.20. The van der Waals surface area contributed by atoms with E-state index in [1.54, 1.807) is 0 Å². The van der Waals surface area contributed by atoms with Gasteiger partial charge in [0.25, 0.3) is 0 Å². The van der Waals surface area contributed by atoms with Crippen LogP contribution in [0, 0.1) is 26.2 Å². The summed E-state index contributed by atoms with van der Waals surface area (Å²) in [6.45, 7) is 6.07. The lowest BCUT2D eigenvalue weighted by atomic mass is 9.94. The molecular formula is C16H21N5. The highest BCUT2D eigenvalue weighted by Gasteiger charge is 2.20. The van der Waals surface area contributed by atoms with E-state index in [-0.39, 0.29) is 5.84 Å². The number of pyridine rings is 1. The average Bonchev–Trinajstić information content (AvgIpc) is 2.73. The van der Waals surface area contributed by atoms with E-state index in [2.05, 4.69) is 12.0 Å². The summed E-state index contributed by atoms with van der Waals surface area (Å²) in [5.74, 6) is 0.743. The standard InChI is InChI=1S/C16H21N5/c1-9-10(2)20-21(11(9)3)16-13(15(17)18)8-12-6-4-5-7-14(12)19-16/h8H,4-7H2,1-3H3,(H3,17,18). The van der Waals surface area contributed by atoms with Crippen molar-refractivity contribution in [1.82, 2.24) is 14.8 Å². The van der Waals surface area contributed by atoms with E-state index in [4.69, 9.17) is 16.1 Å². The fourth-order valence-corrected chi connectivity index (χ4v) is 2.91. The summed E-state index contributed by atoms with van der Waals surface area (Å²) in [4.78, 5) is 4.80. The van der Waals surface area contributed by atoms with Crippen LogP contribution in [0.25, 0.3) is 5.82 Å². The lowest BCUT2D eigenvalue weighted by molar-refractivity contribution is 0.660. The van der Waals surface area contributed by atoms with Gasteiger partial charge in [-0.25, -0.2) is 9.67 Å². The molecule has 5 nitrogen and oxygen atoms in total. The van der Waals surface area contributed by atoms with Gasteiger partial charge in [-0.1, -0.05) is 0 Å². The third kappa shape index (κ3) is 2.22. The summed E-state index contributed by atoms with van der Waals surface area (Å²) < 4.78 is 1.83. The van der Waals surface area contributed by atoms with Gasteiger partial charge in [0.05, 0.1) is 11.3 Å². The number of amidine groups is 1. The normalized spacial score (nSPS) is 14.0. The summed E-state index contributed by atoms with van der Waals surface area (Å²) in [6.07, 6.45) is 4.39. The maximum Gasteiger partial charge on any atom is 0.164 e. The Morgan fingerprint density at radius 1 is 1.24 bits per heavy atom. The predicted octanol–water partition coefficient (Wildman–Crippen LogP) is 2.36. The van der Waals surface area contributed by atoms with Crippen LogP contribution < -0.4 is 5.73 Å². The Kier molecular flexibility index (Phi) is 3.27. The summed E-state index contributed by atoms with van der Waals surface area (Å²) in [5.41, 5.74) is 12.0. The molecule has 0 aromatic carbocycles. The quantitative estimate of drug-likeness (QED) is 0.656. The number of nitrogen functional groups attached to an aromatic ring is 1. The zero-order valence-corrected chi connectivity index (χ0v) is 12.8. The molecule has 1 aliphatic rings. The molecular weight excluding hydrogens is 262 g/mol. The molecule has 0 saturated carbocycles. The van der Waals surface area contributed by atoms with Crippen LogP contribution in [0.15, 0.2) is 6.07 Å². The zero-order valence-electron chi connectivity index (χ0n) is 12.8. The highest BCUT2D eigenvalue weighted by atomic mass is 15.3. The molecule has 0 spiro atoms. The number of hydrogen-bond donors (Lipinski definition) is 2. The second-order valence-corrected chi connectivity index (χ2v) is 5.79. The Balaban J connectivity index is 2.25. The number of hydrogen-bond acceptors (Lipinski definition) is 3. The van der Waals surface area contributed by atoms with E-state index in [0.29, 0.717) is 11.4 Å². The smallest absolute Gasteiger partial charge is 0.164 e. The molecule has 2 heterocycles. The van der Waals surface area contributed by atoms with Crippen LogP contribution >= 0.6 is 0 Å². The van der Waals surface area contributed by atoms with Gasteiger partial charge in [0.1, 0.15) is 5.84 Å². The van der Waals surface area contributed by atoms with Crippen molar-refractivity contribution in [1.29, 1.82) is 5.41 Å². The van der Waals surface area contributed by atoms with Gasteiger partial charge >= 0.3 is 0 Å². The highest BCUT2D eigenvalue weighted by Crippen LogP contribution is 2.25. The van der Waals surface area contributed by atoms with Gasteiger partial charge in [-0.2, -0.15) is 5.10 Å². The molecule has 0 atom stereocenters. The van der Waals surface area contributed by atoms with Crippen LogP contribution in [0.1, 0.15) is 46.6 Å². The van der Waals surface area contributed by atoms with Crippen molar-refractivity contribution < 1.29 is 0 Å². The zero-order chi connectivity index (χ0) is 15.1. The third-order valence-electron chi connectivity index (χ3n) is 4.42. The minimum absolute atomic E-state index is 0.0519. The fourth-order valence-electron chi connectivity index (χ4n) is 2.91. The van der Waals surface area contributed by atoms with Crippen LogP contribution in [0.5, 0.6) is 0 Å². The number of rotatable bonds is 2. The molecule has 3 rings (SSSR count). The topological polar surface area (TPSA) is 80.6 Å². The van der Waals surface area contributed by atoms with Crippen molar-refractivity contribution in [2.45, 2.75) is 46.5 Å². The third-order valence-corrected chi connectivity index (χ3v) is 4.42. The molecule has 21 heavy (non-hydrogen) atoms. The maximum atomic E-state index is 7.87. The van der Waals surface area contributed by atoms with Crippen molar-refractivity contribution >= 4 is 5.84 Å². The molecule has 5 heteroatoms. The number of nitrogens with one attached hydrogen (secondary N) is 1. The number of fused-ring (bicyclic) bond motifs is 1. The van der Waals surface area contributed by atoms with E-state index >= 15 is 0 Å². The van der Waals surface area contributed by atoms with Crippen LogP contribution in [0.3, 0.4) is 0 Å². The Morgan fingerprint density at radius 3 is 2.57 bits per heavy atom. The first-order valence-corrected chi connectivity index (χ1v) is 7.39. The van der Waals surface area contributed by atoms with E-state index in [1.807, 2.05) is 24.6 Å². The monoisotopic (exact) mass is 283 g/mol. The van der Waals surface area contributed by atoms with E-state index < -0.39 is 0 Å². The fraction of sp³-hybridized carbons (Fsp3) is 0.438. The van der Waals surface area contributed by atoms with Crippen molar-refractivity contribution in [2.75, 3.05) is 0 Å². The average molecular weight is 283 g/mol. The minimum Gasteiger partial charge on any atom is -0.384 e. The number of nitrogens with two attached hydrogens (primary N) is 1. The number of aryl methyl sites for hydroxylation is 3. The van der Waals surface area contributed by atoms with Crippen LogP contribution in [-0.2, 0) is 12.8 Å². The SMILES string of the molecule is Cc1nn(-c2nc3c(cc2C(=N)N)CCCC3)c(C)c1C. The van der Waals surface area contributed by atoms with Crippen molar-refractivity contribution in [3.05, 3.63) is 39.8 Å². The Hall–Kier alpha value is -2.17. The van der Waals surface area contributed by atoms with Crippen LogP contribution in [0.2, 0.25) is 0 Å². The predicted molar refractivity (Wildman–Crippen MR) is 83.2 cm³/mol. The lowest BCUT2D eigenvalue weighted by Gasteiger charge is -2.18. The molecule has 3 N–H and O–H groups in total. The minimum atomic E-state index is 0.0519. The van der Waals surface area contributed by atoms with Gasteiger partial charge in [0.2, 0.25) is 0 Å². The van der Waals surface area contributed by atoms with Gasteiger partial charge in [-0.15, -0.1) is 0 Å². The Morgan fingerprint density at radius 2 is 1.95 bits per heavy atom. The van der Waals surface area contributed by atoms with Crippen LogP contribution in [-0.4, -0.2) is 20.6 Å². The maximum absolute atomic E-state index is 7.87. The Bertz CT molecular complexity index is 727. The molecule has 0 fully saturated rings. The largest absolute Gasteiger partial charge is 0.384 e. The van der Waals surface area contributed by atoms with E-state index in [1.165, 1.54) is 18.4 Å². The van der Waals surface area contributed by atoms with Crippen molar-refractivity contribution in [3.63, 3.8) is 0 Å². The molecule has 110 valence electrons. The summed E-state index contributed by atoms with van der Waals surface area (Å²) in [5, 5.41) is 12.4. The van der Waals surface area contributed by atoms with Crippen molar-refractivity contribution in [2.24, 2.45) is 5.73 Å². The molecule has 0 radical (unpaired) electrons. The van der Waals surface area contributed by atoms with E-state index in [9.17, 15) is 0 Å². The van der Waals surface area contributed by atoms with E-state index in [0.717, 1.165) is 35.5 Å². The molecule has 0 bridgehead atoms. The van der Waals surface area contributed by atoms with Crippen molar-refractivity contribution in [3.8, 4) is 5.82 Å². The first-order valence-electron chi connectivity index (χ1n) is 7.39. The summed E-state index contributed by atoms with van der Waals surface area (Å²) >= 11 is 0. The molecule has 2 aromatic rings. The van der Waals surface area contributed by atoms with Gasteiger partial charge < -0.3 is 5.73 Å². The Labute approximate surface area is 124 Å². The first kappa shape index (κ1) is 13.8. The summed E-state index contributed by atoms with van der Waals surface area (Å²) in [6, 6.07) is 2.03. The number of aromatic nitrogens is 3. The second kappa shape index (κ2) is 4.98. The number of nitrogens with zero attached hydrogens (tertiary/aromatic N) is 3. The van der Waals surface area contributed by atoms with Gasteiger partial charge in [-0.05, 0) is 63.6 Å². The summed E-state index contributed by atoms with van der Waals surface area (Å²) in [7, 11) is 0. The van der Waals surface area contributed by atoms with Crippen LogP contribution in [0.4, 0.5) is 0 Å². The van der Waals surface area contributed by atoms with Gasteiger partial charge in [0.15, 0.2) is 5.82 Å². The molecule has 0 saturated heterocycles. The molecule has 1 aliphatic carbocycles. The molecule has 0 amide bonds.